The molecule has 1 aliphatic rings. The number of nitrogens with zero attached hydrogens (tertiary/aromatic N) is 1. The van der Waals surface area contributed by atoms with Crippen LogP contribution in [-0.2, 0) is 6.54 Å². The van der Waals surface area contributed by atoms with Crippen molar-refractivity contribution < 1.29 is 9.84 Å². The van der Waals surface area contributed by atoms with Crippen LogP contribution in [0.2, 0.25) is 0 Å². The standard InChI is InChI=1S/C14H21NO2/c1-2-6-17-14-5-3-4-12(7-14)8-15-9-13(10-15)11-16/h3-5,7,13,16H,2,6,8-11H2,1H3. The van der Waals surface area contributed by atoms with E-state index in [0.717, 1.165) is 38.4 Å². The smallest absolute Gasteiger partial charge is 0.119 e. The van der Waals surface area contributed by atoms with Crippen LogP contribution in [0.4, 0.5) is 0 Å². The molecule has 1 fully saturated rings. The zero-order valence-corrected chi connectivity index (χ0v) is 10.4. The maximum Gasteiger partial charge on any atom is 0.119 e. The largest absolute Gasteiger partial charge is 0.494 e. The van der Waals surface area contributed by atoms with Gasteiger partial charge in [-0.25, -0.2) is 0 Å². The van der Waals surface area contributed by atoms with Gasteiger partial charge in [0.15, 0.2) is 0 Å². The number of aliphatic hydroxyl groups excluding tert-OH is 1. The molecule has 1 aliphatic heterocycles. The molecule has 1 aromatic carbocycles. The van der Waals surface area contributed by atoms with Crippen LogP contribution in [-0.4, -0.2) is 36.3 Å². The Labute approximate surface area is 103 Å². The minimum Gasteiger partial charge on any atom is -0.494 e. The second-order valence-corrected chi connectivity index (χ2v) is 4.74. The van der Waals surface area contributed by atoms with Crippen LogP contribution >= 0.6 is 0 Å². The highest BCUT2D eigenvalue weighted by Crippen LogP contribution is 2.20. The van der Waals surface area contributed by atoms with Crippen LogP contribution in [0.1, 0.15) is 18.9 Å². The van der Waals surface area contributed by atoms with Crippen LogP contribution in [0.25, 0.3) is 0 Å². The lowest BCUT2D eigenvalue weighted by atomic mass is 10.0. The van der Waals surface area contributed by atoms with Gasteiger partial charge in [-0.05, 0) is 24.1 Å². The lowest BCUT2D eigenvalue weighted by Gasteiger charge is -2.38. The number of benzene rings is 1. The van der Waals surface area contributed by atoms with E-state index in [-0.39, 0.29) is 0 Å². The zero-order chi connectivity index (χ0) is 12.1. The van der Waals surface area contributed by atoms with Crippen molar-refractivity contribution in [3.05, 3.63) is 29.8 Å². The molecule has 1 aromatic rings. The first-order valence-electron chi connectivity index (χ1n) is 6.36. The Hall–Kier alpha value is -1.06. The van der Waals surface area contributed by atoms with E-state index in [1.807, 2.05) is 12.1 Å². The molecular formula is C14H21NO2. The van der Waals surface area contributed by atoms with Gasteiger partial charge >= 0.3 is 0 Å². The molecule has 0 unspecified atom stereocenters. The fraction of sp³-hybridized carbons (Fsp3) is 0.571. The van der Waals surface area contributed by atoms with Crippen molar-refractivity contribution in [2.24, 2.45) is 5.92 Å². The fourth-order valence-corrected chi connectivity index (χ4v) is 2.13. The summed E-state index contributed by atoms with van der Waals surface area (Å²) in [6.07, 6.45) is 1.04. The summed E-state index contributed by atoms with van der Waals surface area (Å²) in [4.78, 5) is 2.35. The maximum absolute atomic E-state index is 8.96. The van der Waals surface area contributed by atoms with E-state index in [1.165, 1.54) is 5.56 Å². The molecule has 3 nitrogen and oxygen atoms in total. The van der Waals surface area contributed by atoms with Gasteiger partial charge in [0.2, 0.25) is 0 Å². The molecule has 0 amide bonds. The van der Waals surface area contributed by atoms with E-state index < -0.39 is 0 Å². The minimum absolute atomic E-state index is 0.316. The van der Waals surface area contributed by atoms with Crippen LogP contribution in [0, 0.1) is 5.92 Å². The van der Waals surface area contributed by atoms with E-state index in [2.05, 4.69) is 24.0 Å². The van der Waals surface area contributed by atoms with Crippen LogP contribution < -0.4 is 4.74 Å². The Morgan fingerprint density at radius 1 is 1.41 bits per heavy atom. The third-order valence-corrected chi connectivity index (χ3v) is 3.07. The van der Waals surface area contributed by atoms with E-state index in [4.69, 9.17) is 9.84 Å². The normalized spacial score (nSPS) is 16.8. The van der Waals surface area contributed by atoms with Crippen molar-refractivity contribution in [2.45, 2.75) is 19.9 Å². The molecule has 0 aromatic heterocycles. The Kier molecular flexibility index (Phi) is 4.40. The summed E-state index contributed by atoms with van der Waals surface area (Å²) < 4.78 is 5.61. The summed E-state index contributed by atoms with van der Waals surface area (Å²) in [7, 11) is 0. The van der Waals surface area contributed by atoms with E-state index in [9.17, 15) is 0 Å². The molecule has 0 aliphatic carbocycles. The maximum atomic E-state index is 8.96. The lowest BCUT2D eigenvalue weighted by Crippen LogP contribution is -2.47. The SMILES string of the molecule is CCCOc1cccc(CN2CC(CO)C2)c1. The van der Waals surface area contributed by atoms with Gasteiger partial charge in [0.1, 0.15) is 5.75 Å². The molecule has 1 N–H and O–H groups in total. The van der Waals surface area contributed by atoms with Crippen molar-refractivity contribution in [1.82, 2.24) is 4.90 Å². The van der Waals surface area contributed by atoms with Gasteiger partial charge in [0.25, 0.3) is 0 Å². The van der Waals surface area contributed by atoms with Crippen LogP contribution in [0.5, 0.6) is 5.75 Å². The van der Waals surface area contributed by atoms with Crippen molar-refractivity contribution in [3.8, 4) is 5.75 Å². The number of hydrogen-bond donors (Lipinski definition) is 1. The second kappa shape index (κ2) is 6.03. The topological polar surface area (TPSA) is 32.7 Å². The third kappa shape index (κ3) is 3.45. The van der Waals surface area contributed by atoms with Gasteiger partial charge in [0, 0.05) is 32.2 Å². The molecular weight excluding hydrogens is 214 g/mol. The molecule has 3 heteroatoms. The lowest BCUT2D eigenvalue weighted by molar-refractivity contribution is 0.0479. The average molecular weight is 235 g/mol. The fourth-order valence-electron chi connectivity index (χ4n) is 2.13. The monoisotopic (exact) mass is 235 g/mol. The molecule has 0 spiro atoms. The molecule has 1 heterocycles. The molecule has 17 heavy (non-hydrogen) atoms. The molecule has 1 saturated heterocycles. The van der Waals surface area contributed by atoms with E-state index >= 15 is 0 Å². The molecule has 0 saturated carbocycles. The van der Waals surface area contributed by atoms with Crippen molar-refractivity contribution in [3.63, 3.8) is 0 Å². The molecule has 0 atom stereocenters. The first-order valence-corrected chi connectivity index (χ1v) is 6.36. The predicted octanol–water partition coefficient (Wildman–Crippen LogP) is 1.90. The Balaban J connectivity index is 1.84. The highest BCUT2D eigenvalue weighted by atomic mass is 16.5. The number of ether oxygens (including phenoxy) is 1. The number of aliphatic hydroxyl groups is 1. The Morgan fingerprint density at radius 2 is 2.24 bits per heavy atom. The summed E-state index contributed by atoms with van der Waals surface area (Å²) in [6.45, 7) is 6.18. The predicted molar refractivity (Wildman–Crippen MR) is 68.1 cm³/mol. The van der Waals surface area contributed by atoms with Crippen molar-refractivity contribution in [2.75, 3.05) is 26.3 Å². The van der Waals surface area contributed by atoms with Gasteiger partial charge in [-0.15, -0.1) is 0 Å². The summed E-state index contributed by atoms with van der Waals surface area (Å²) in [5.41, 5.74) is 1.29. The first-order chi connectivity index (χ1) is 8.31. The number of likely N-dealkylation sites (tertiary alicyclic amines) is 1. The Bertz CT molecular complexity index is 348. The number of hydrogen-bond acceptors (Lipinski definition) is 3. The zero-order valence-electron chi connectivity index (χ0n) is 10.4. The molecule has 2 rings (SSSR count). The highest BCUT2D eigenvalue weighted by molar-refractivity contribution is 5.28. The van der Waals surface area contributed by atoms with Gasteiger partial charge in [-0.1, -0.05) is 19.1 Å². The Morgan fingerprint density at radius 3 is 2.94 bits per heavy atom. The van der Waals surface area contributed by atoms with Gasteiger partial charge < -0.3 is 9.84 Å². The van der Waals surface area contributed by atoms with E-state index in [0.29, 0.717) is 12.5 Å². The summed E-state index contributed by atoms with van der Waals surface area (Å²) in [5.74, 6) is 1.44. The van der Waals surface area contributed by atoms with Crippen molar-refractivity contribution in [1.29, 1.82) is 0 Å². The third-order valence-electron chi connectivity index (χ3n) is 3.07. The summed E-state index contributed by atoms with van der Waals surface area (Å²) in [5, 5.41) is 8.96. The van der Waals surface area contributed by atoms with Gasteiger partial charge in [-0.2, -0.15) is 0 Å². The van der Waals surface area contributed by atoms with Crippen LogP contribution in [0.3, 0.4) is 0 Å². The number of rotatable bonds is 6. The van der Waals surface area contributed by atoms with Crippen molar-refractivity contribution >= 4 is 0 Å². The van der Waals surface area contributed by atoms with Crippen LogP contribution in [0.15, 0.2) is 24.3 Å². The molecule has 94 valence electrons. The minimum atomic E-state index is 0.316. The van der Waals surface area contributed by atoms with Gasteiger partial charge in [0.05, 0.1) is 6.61 Å². The molecule has 0 radical (unpaired) electrons. The quantitative estimate of drug-likeness (QED) is 0.817. The first kappa shape index (κ1) is 12.4. The summed E-state index contributed by atoms with van der Waals surface area (Å²) >= 11 is 0. The van der Waals surface area contributed by atoms with Gasteiger partial charge in [-0.3, -0.25) is 4.90 Å². The second-order valence-electron chi connectivity index (χ2n) is 4.74. The highest BCUT2D eigenvalue weighted by Gasteiger charge is 2.25. The van der Waals surface area contributed by atoms with E-state index in [1.54, 1.807) is 0 Å². The molecule has 0 bridgehead atoms. The average Bonchev–Trinajstić information content (AvgIpc) is 2.31. The summed E-state index contributed by atoms with van der Waals surface area (Å²) in [6, 6.07) is 8.29.